The van der Waals surface area contributed by atoms with E-state index in [9.17, 15) is 8.42 Å². The van der Waals surface area contributed by atoms with Gasteiger partial charge >= 0.3 is 0 Å². The second-order valence-corrected chi connectivity index (χ2v) is 7.42. The highest BCUT2D eigenvalue weighted by atomic mass is 35.5. The van der Waals surface area contributed by atoms with Crippen molar-refractivity contribution in [3.8, 4) is 0 Å². The van der Waals surface area contributed by atoms with Gasteiger partial charge in [0.1, 0.15) is 0 Å². The molecular formula is C16H12Cl2N4O2S. The smallest absolute Gasteiger partial charge is 0.263 e. The van der Waals surface area contributed by atoms with E-state index in [1.807, 2.05) is 0 Å². The number of sulfonamides is 1. The second kappa shape index (κ2) is 7.26. The van der Waals surface area contributed by atoms with E-state index in [0.717, 1.165) is 0 Å². The van der Waals surface area contributed by atoms with Crippen LogP contribution in [0, 0.1) is 0 Å². The van der Waals surface area contributed by atoms with Gasteiger partial charge in [-0.15, -0.1) is 10.2 Å². The minimum absolute atomic E-state index is 0.103. The standard InChI is InChI=1S/C16H12Cl2N4O2S/c17-12-7-4-8-13(16(12)18)19-14-9-10-15(21-20-14)22-25(23,24)11-5-2-1-3-6-11/h1-10H,(H,19,20)(H,21,22). The monoisotopic (exact) mass is 394 g/mol. The van der Waals surface area contributed by atoms with Crippen molar-refractivity contribution in [2.75, 3.05) is 10.0 Å². The first-order valence-electron chi connectivity index (χ1n) is 7.08. The molecule has 6 nitrogen and oxygen atoms in total. The first-order valence-corrected chi connectivity index (χ1v) is 9.32. The predicted molar refractivity (Wildman–Crippen MR) is 99.0 cm³/mol. The SMILES string of the molecule is O=S(=O)(Nc1ccc(Nc2cccc(Cl)c2Cl)nn1)c1ccccc1. The zero-order chi connectivity index (χ0) is 17.9. The number of anilines is 3. The summed E-state index contributed by atoms with van der Waals surface area (Å²) in [7, 11) is -3.71. The van der Waals surface area contributed by atoms with E-state index < -0.39 is 10.0 Å². The number of rotatable bonds is 5. The molecule has 0 amide bonds. The molecule has 0 saturated heterocycles. The molecule has 128 valence electrons. The maximum Gasteiger partial charge on any atom is 0.263 e. The van der Waals surface area contributed by atoms with Crippen molar-refractivity contribution in [1.82, 2.24) is 10.2 Å². The first-order chi connectivity index (χ1) is 12.0. The third-order valence-electron chi connectivity index (χ3n) is 3.17. The van der Waals surface area contributed by atoms with Crippen LogP contribution in [0.25, 0.3) is 0 Å². The normalized spacial score (nSPS) is 11.1. The van der Waals surface area contributed by atoms with Gasteiger partial charge in [-0.1, -0.05) is 47.5 Å². The fourth-order valence-electron chi connectivity index (χ4n) is 1.99. The van der Waals surface area contributed by atoms with Crippen LogP contribution in [0.3, 0.4) is 0 Å². The summed E-state index contributed by atoms with van der Waals surface area (Å²) < 4.78 is 26.8. The van der Waals surface area contributed by atoms with Crippen LogP contribution in [0.15, 0.2) is 65.6 Å². The minimum Gasteiger partial charge on any atom is -0.337 e. The Morgan fingerprint density at radius 2 is 1.48 bits per heavy atom. The molecule has 9 heteroatoms. The molecule has 3 aromatic rings. The minimum atomic E-state index is -3.71. The van der Waals surface area contributed by atoms with E-state index in [-0.39, 0.29) is 10.7 Å². The summed E-state index contributed by atoms with van der Waals surface area (Å²) in [5, 5.41) is 11.5. The fourth-order valence-corrected chi connectivity index (χ4v) is 3.35. The topological polar surface area (TPSA) is 84.0 Å². The molecule has 3 rings (SSSR count). The zero-order valence-electron chi connectivity index (χ0n) is 12.6. The van der Waals surface area contributed by atoms with Crippen molar-refractivity contribution in [3.05, 3.63) is 70.7 Å². The van der Waals surface area contributed by atoms with Crippen molar-refractivity contribution < 1.29 is 8.42 Å². The number of hydrogen-bond acceptors (Lipinski definition) is 5. The van der Waals surface area contributed by atoms with Gasteiger partial charge in [0.25, 0.3) is 10.0 Å². The van der Waals surface area contributed by atoms with Crippen LogP contribution in [0.2, 0.25) is 10.0 Å². The van der Waals surface area contributed by atoms with Crippen LogP contribution >= 0.6 is 23.2 Å². The molecule has 0 fully saturated rings. The molecule has 0 spiro atoms. The van der Waals surface area contributed by atoms with Gasteiger partial charge in [-0.3, -0.25) is 4.72 Å². The van der Waals surface area contributed by atoms with E-state index in [1.165, 1.54) is 18.2 Å². The average Bonchev–Trinajstić information content (AvgIpc) is 2.61. The van der Waals surface area contributed by atoms with E-state index in [4.69, 9.17) is 23.2 Å². The highest BCUT2D eigenvalue weighted by Gasteiger charge is 2.14. The molecule has 0 saturated carbocycles. The summed E-state index contributed by atoms with van der Waals surface area (Å²) in [5.41, 5.74) is 0.570. The quantitative estimate of drug-likeness (QED) is 0.672. The van der Waals surface area contributed by atoms with Gasteiger partial charge in [-0.05, 0) is 36.4 Å². The number of nitrogens with one attached hydrogen (secondary N) is 2. The molecule has 0 aliphatic heterocycles. The van der Waals surface area contributed by atoms with Crippen molar-refractivity contribution >= 4 is 50.5 Å². The Kier molecular flexibility index (Phi) is 5.08. The molecule has 2 N–H and O–H groups in total. The number of halogens is 2. The second-order valence-electron chi connectivity index (χ2n) is 4.95. The lowest BCUT2D eigenvalue weighted by Crippen LogP contribution is -2.14. The van der Waals surface area contributed by atoms with Crippen molar-refractivity contribution in [1.29, 1.82) is 0 Å². The summed E-state index contributed by atoms with van der Waals surface area (Å²) in [6.45, 7) is 0. The molecule has 0 aliphatic carbocycles. The average molecular weight is 395 g/mol. The molecule has 2 aromatic carbocycles. The number of benzene rings is 2. The highest BCUT2D eigenvalue weighted by Crippen LogP contribution is 2.31. The van der Waals surface area contributed by atoms with Crippen LogP contribution in [0.1, 0.15) is 0 Å². The molecule has 0 atom stereocenters. The van der Waals surface area contributed by atoms with Crippen LogP contribution in [0.4, 0.5) is 17.3 Å². The summed E-state index contributed by atoms with van der Waals surface area (Å²) in [6.07, 6.45) is 0. The summed E-state index contributed by atoms with van der Waals surface area (Å²) in [4.78, 5) is 0.143. The molecule has 0 unspecified atom stereocenters. The van der Waals surface area contributed by atoms with Crippen molar-refractivity contribution in [2.45, 2.75) is 4.90 Å². The lowest BCUT2D eigenvalue weighted by molar-refractivity contribution is 0.601. The van der Waals surface area contributed by atoms with E-state index in [2.05, 4.69) is 20.2 Å². The number of hydrogen-bond donors (Lipinski definition) is 2. The lowest BCUT2D eigenvalue weighted by Gasteiger charge is -2.09. The Morgan fingerprint density at radius 1 is 0.800 bits per heavy atom. The van der Waals surface area contributed by atoms with Gasteiger partial charge in [0.2, 0.25) is 0 Å². The Bertz CT molecular complexity index is 981. The Balaban J connectivity index is 1.76. The zero-order valence-corrected chi connectivity index (χ0v) is 15.0. The van der Waals surface area contributed by atoms with Gasteiger partial charge in [-0.2, -0.15) is 0 Å². The number of aromatic nitrogens is 2. The predicted octanol–water partition coefficient (Wildman–Crippen LogP) is 4.33. The van der Waals surface area contributed by atoms with Crippen molar-refractivity contribution in [3.63, 3.8) is 0 Å². The van der Waals surface area contributed by atoms with Gasteiger partial charge in [0.05, 0.1) is 20.6 Å². The summed E-state index contributed by atoms with van der Waals surface area (Å²) >= 11 is 12.0. The van der Waals surface area contributed by atoms with Gasteiger partial charge in [0, 0.05) is 0 Å². The maximum atomic E-state index is 12.2. The first kappa shape index (κ1) is 17.5. The van der Waals surface area contributed by atoms with Gasteiger partial charge in [0.15, 0.2) is 11.6 Å². The van der Waals surface area contributed by atoms with Crippen molar-refractivity contribution in [2.24, 2.45) is 0 Å². The van der Waals surface area contributed by atoms with E-state index in [0.29, 0.717) is 21.6 Å². The largest absolute Gasteiger partial charge is 0.337 e. The molecule has 0 radical (unpaired) electrons. The van der Waals surface area contributed by atoms with Crippen LogP contribution < -0.4 is 10.0 Å². The van der Waals surface area contributed by atoms with Crippen LogP contribution in [0.5, 0.6) is 0 Å². The summed E-state index contributed by atoms with van der Waals surface area (Å²) in [5.74, 6) is 0.499. The van der Waals surface area contributed by atoms with Gasteiger partial charge < -0.3 is 5.32 Å². The molecular weight excluding hydrogens is 383 g/mol. The molecule has 0 aliphatic rings. The van der Waals surface area contributed by atoms with Gasteiger partial charge in [-0.25, -0.2) is 8.42 Å². The van der Waals surface area contributed by atoms with E-state index >= 15 is 0 Å². The maximum absolute atomic E-state index is 12.2. The lowest BCUT2D eigenvalue weighted by atomic mass is 10.3. The fraction of sp³-hybridized carbons (Fsp3) is 0. The summed E-state index contributed by atoms with van der Waals surface area (Å²) in [6, 6.07) is 16.2. The van der Waals surface area contributed by atoms with E-state index in [1.54, 1.807) is 42.5 Å². The number of nitrogens with zero attached hydrogens (tertiary/aromatic N) is 2. The molecule has 1 aromatic heterocycles. The Hall–Kier alpha value is -2.35. The third kappa shape index (κ3) is 4.19. The third-order valence-corrected chi connectivity index (χ3v) is 5.36. The molecule has 25 heavy (non-hydrogen) atoms. The van der Waals surface area contributed by atoms with Crippen LogP contribution in [-0.2, 0) is 10.0 Å². The highest BCUT2D eigenvalue weighted by molar-refractivity contribution is 7.92. The molecule has 0 bridgehead atoms. The Morgan fingerprint density at radius 3 is 2.16 bits per heavy atom. The Labute approximate surface area is 154 Å². The van der Waals surface area contributed by atoms with Crippen LogP contribution in [-0.4, -0.2) is 18.6 Å². The molecule has 1 heterocycles.